The van der Waals surface area contributed by atoms with Crippen LogP contribution in [0.2, 0.25) is 0 Å². The lowest BCUT2D eigenvalue weighted by molar-refractivity contribution is -0.130. The molecule has 0 saturated heterocycles. The highest BCUT2D eigenvalue weighted by Crippen LogP contribution is 2.14. The van der Waals surface area contributed by atoms with Crippen molar-refractivity contribution in [2.24, 2.45) is 5.73 Å². The van der Waals surface area contributed by atoms with Crippen molar-refractivity contribution in [1.82, 2.24) is 10.2 Å². The first-order valence-electron chi connectivity index (χ1n) is 7.47. The molecule has 2 amide bonds. The zero-order valence-corrected chi connectivity index (χ0v) is 13.7. The van der Waals surface area contributed by atoms with Gasteiger partial charge in [0.2, 0.25) is 0 Å². The molecule has 0 aliphatic heterocycles. The average molecular weight is 331 g/mol. The molecule has 1 aromatic carbocycles. The number of benzene rings is 1. The molecule has 0 aliphatic carbocycles. The highest BCUT2D eigenvalue weighted by Gasteiger charge is 2.10. The molecule has 0 radical (unpaired) electrons. The molecule has 0 fully saturated rings. The van der Waals surface area contributed by atoms with Crippen molar-refractivity contribution >= 4 is 11.8 Å². The van der Waals surface area contributed by atoms with Crippen molar-refractivity contribution in [3.05, 3.63) is 53.5 Å². The van der Waals surface area contributed by atoms with E-state index in [-0.39, 0.29) is 25.0 Å². The third-order valence-electron chi connectivity index (χ3n) is 3.33. The molecule has 0 bridgehead atoms. The highest BCUT2D eigenvalue weighted by atomic mass is 16.5. The molecule has 2 aromatic rings. The van der Waals surface area contributed by atoms with Crippen LogP contribution < -0.4 is 15.8 Å². The highest BCUT2D eigenvalue weighted by molar-refractivity contribution is 5.93. The third-order valence-corrected chi connectivity index (χ3v) is 3.33. The van der Waals surface area contributed by atoms with Gasteiger partial charge in [0.25, 0.3) is 11.8 Å². The Morgan fingerprint density at radius 1 is 1.29 bits per heavy atom. The van der Waals surface area contributed by atoms with E-state index in [2.05, 4.69) is 5.32 Å². The number of hydrogen-bond acceptors (Lipinski definition) is 5. The monoisotopic (exact) mass is 331 g/mol. The number of rotatable bonds is 7. The molecule has 0 aliphatic rings. The molecule has 3 N–H and O–H groups in total. The Kier molecular flexibility index (Phi) is 5.97. The van der Waals surface area contributed by atoms with Gasteiger partial charge < -0.3 is 25.1 Å². The number of ether oxygens (including phenoxy) is 1. The second-order valence-corrected chi connectivity index (χ2v) is 5.41. The second kappa shape index (κ2) is 8.16. The van der Waals surface area contributed by atoms with E-state index >= 15 is 0 Å². The molecule has 1 heterocycles. The predicted molar refractivity (Wildman–Crippen MR) is 88.4 cm³/mol. The maximum absolute atomic E-state index is 12.0. The molecule has 128 valence electrons. The number of nitrogens with one attached hydrogen (secondary N) is 1. The van der Waals surface area contributed by atoms with Gasteiger partial charge in [-0.3, -0.25) is 9.59 Å². The number of likely N-dealkylation sites (N-methyl/N-ethyl adjacent to an activating group) is 1. The molecule has 0 saturated carbocycles. The van der Waals surface area contributed by atoms with E-state index in [0.717, 1.165) is 5.56 Å². The normalized spacial score (nSPS) is 10.3. The van der Waals surface area contributed by atoms with Gasteiger partial charge >= 0.3 is 0 Å². The lowest BCUT2D eigenvalue weighted by atomic mass is 10.2. The topological polar surface area (TPSA) is 97.8 Å². The van der Waals surface area contributed by atoms with Gasteiger partial charge in [-0.2, -0.15) is 0 Å². The van der Waals surface area contributed by atoms with Gasteiger partial charge in [0.1, 0.15) is 17.8 Å². The Hall–Kier alpha value is -2.80. The molecule has 1 aromatic heterocycles. The summed E-state index contributed by atoms with van der Waals surface area (Å²) < 4.78 is 10.6. The minimum Gasteiger partial charge on any atom is -0.484 e. The standard InChI is InChI=1S/C17H21N3O4/c1-20(2)16(21)11-24-14-5-3-4-12(6-14)9-19-17(22)13-7-15(8-18)23-10-13/h3-7,10H,8-9,11,18H2,1-2H3,(H,19,22). The average Bonchev–Trinajstić information content (AvgIpc) is 3.07. The smallest absolute Gasteiger partial charge is 0.259 e. The Labute approximate surface area is 140 Å². The van der Waals surface area contributed by atoms with Crippen molar-refractivity contribution in [2.45, 2.75) is 13.1 Å². The minimum absolute atomic E-state index is 0.0281. The molecule has 7 nitrogen and oxygen atoms in total. The van der Waals surface area contributed by atoms with E-state index in [0.29, 0.717) is 23.6 Å². The number of amides is 2. The van der Waals surface area contributed by atoms with Crippen LogP contribution >= 0.6 is 0 Å². The van der Waals surface area contributed by atoms with E-state index in [1.807, 2.05) is 6.07 Å². The van der Waals surface area contributed by atoms with Gasteiger partial charge in [0.05, 0.1) is 12.1 Å². The zero-order chi connectivity index (χ0) is 17.5. The van der Waals surface area contributed by atoms with Gasteiger partial charge in [-0.1, -0.05) is 12.1 Å². The first-order chi connectivity index (χ1) is 11.5. The summed E-state index contributed by atoms with van der Waals surface area (Å²) in [6, 6.07) is 8.83. The van der Waals surface area contributed by atoms with Crippen molar-refractivity contribution < 1.29 is 18.7 Å². The van der Waals surface area contributed by atoms with E-state index in [4.69, 9.17) is 14.9 Å². The fourth-order valence-corrected chi connectivity index (χ4v) is 1.91. The lowest BCUT2D eigenvalue weighted by Crippen LogP contribution is -2.27. The largest absolute Gasteiger partial charge is 0.484 e. The van der Waals surface area contributed by atoms with Crippen molar-refractivity contribution in [3.8, 4) is 5.75 Å². The van der Waals surface area contributed by atoms with Crippen LogP contribution in [0, 0.1) is 0 Å². The van der Waals surface area contributed by atoms with E-state index in [9.17, 15) is 9.59 Å². The Bertz CT molecular complexity index is 709. The summed E-state index contributed by atoms with van der Waals surface area (Å²) in [6.07, 6.45) is 1.38. The van der Waals surface area contributed by atoms with E-state index in [1.165, 1.54) is 11.2 Å². The minimum atomic E-state index is -0.243. The summed E-state index contributed by atoms with van der Waals surface area (Å²) in [5.41, 5.74) is 6.74. The van der Waals surface area contributed by atoms with Crippen molar-refractivity contribution in [3.63, 3.8) is 0 Å². The molecule has 24 heavy (non-hydrogen) atoms. The lowest BCUT2D eigenvalue weighted by Gasteiger charge is -2.12. The first kappa shape index (κ1) is 17.6. The fraction of sp³-hybridized carbons (Fsp3) is 0.294. The van der Waals surface area contributed by atoms with Gasteiger partial charge in [-0.25, -0.2) is 0 Å². The predicted octanol–water partition coefficient (Wildman–Crippen LogP) is 1.14. The van der Waals surface area contributed by atoms with E-state index < -0.39 is 0 Å². The summed E-state index contributed by atoms with van der Waals surface area (Å²) in [5, 5.41) is 2.79. The zero-order valence-electron chi connectivity index (χ0n) is 13.7. The first-order valence-corrected chi connectivity index (χ1v) is 7.47. The summed E-state index contributed by atoms with van der Waals surface area (Å²) in [6.45, 7) is 0.554. The van der Waals surface area contributed by atoms with Crippen LogP contribution in [0.3, 0.4) is 0 Å². The Balaban J connectivity index is 1.89. The number of carbonyl (C=O) groups excluding carboxylic acids is 2. The molecule has 0 unspecified atom stereocenters. The number of nitrogens with zero attached hydrogens (tertiary/aromatic N) is 1. The molecular weight excluding hydrogens is 310 g/mol. The van der Waals surface area contributed by atoms with Gasteiger partial charge in [-0.15, -0.1) is 0 Å². The van der Waals surface area contributed by atoms with Crippen LogP contribution in [0.1, 0.15) is 21.7 Å². The molecule has 0 spiro atoms. The number of hydrogen-bond donors (Lipinski definition) is 2. The third kappa shape index (κ3) is 4.85. The van der Waals surface area contributed by atoms with Crippen LogP contribution in [0.4, 0.5) is 0 Å². The maximum Gasteiger partial charge on any atom is 0.259 e. The Morgan fingerprint density at radius 2 is 2.08 bits per heavy atom. The number of furan rings is 1. The van der Waals surface area contributed by atoms with Crippen molar-refractivity contribution in [2.75, 3.05) is 20.7 Å². The SMILES string of the molecule is CN(C)C(=O)COc1cccc(CNC(=O)c2coc(CN)c2)c1. The number of carbonyl (C=O) groups is 2. The fourth-order valence-electron chi connectivity index (χ4n) is 1.91. The van der Waals surface area contributed by atoms with Crippen LogP contribution in [-0.4, -0.2) is 37.4 Å². The molecule has 0 atom stereocenters. The number of nitrogens with two attached hydrogens (primary N) is 1. The summed E-state index contributed by atoms with van der Waals surface area (Å²) in [5.74, 6) is 0.767. The van der Waals surface area contributed by atoms with Crippen LogP contribution in [0.25, 0.3) is 0 Å². The van der Waals surface area contributed by atoms with Crippen LogP contribution in [0.5, 0.6) is 5.75 Å². The second-order valence-electron chi connectivity index (χ2n) is 5.41. The maximum atomic E-state index is 12.0. The van der Waals surface area contributed by atoms with E-state index in [1.54, 1.807) is 38.4 Å². The van der Waals surface area contributed by atoms with Gasteiger partial charge in [-0.05, 0) is 23.8 Å². The summed E-state index contributed by atoms with van der Waals surface area (Å²) >= 11 is 0. The van der Waals surface area contributed by atoms with Crippen LogP contribution in [0.15, 0.2) is 41.0 Å². The quantitative estimate of drug-likeness (QED) is 0.793. The van der Waals surface area contributed by atoms with Gasteiger partial charge in [0, 0.05) is 20.6 Å². The van der Waals surface area contributed by atoms with Crippen molar-refractivity contribution in [1.29, 1.82) is 0 Å². The molecule has 2 rings (SSSR count). The Morgan fingerprint density at radius 3 is 2.75 bits per heavy atom. The van der Waals surface area contributed by atoms with Crippen LogP contribution in [-0.2, 0) is 17.9 Å². The van der Waals surface area contributed by atoms with Gasteiger partial charge in [0.15, 0.2) is 6.61 Å². The molecule has 7 heteroatoms. The molecular formula is C17H21N3O4. The summed E-state index contributed by atoms with van der Waals surface area (Å²) in [4.78, 5) is 25.0. The summed E-state index contributed by atoms with van der Waals surface area (Å²) in [7, 11) is 3.34.